The van der Waals surface area contributed by atoms with Gasteiger partial charge in [0.25, 0.3) is 5.88 Å². The van der Waals surface area contributed by atoms with Gasteiger partial charge in [-0.3, -0.25) is 14.9 Å². The number of ether oxygens (including phenoxy) is 4. The SMILES string of the molecule is CC(=O)OCOC(=O)CC(C)(C)NC(Oc1nsnc1N1CCOCC1)C(C)O. The molecule has 0 amide bonds. The number of anilines is 1. The monoisotopic (exact) mass is 432 g/mol. The van der Waals surface area contributed by atoms with Crippen LogP contribution < -0.4 is 15.0 Å². The van der Waals surface area contributed by atoms with Gasteiger partial charge in [0.15, 0.2) is 6.23 Å². The van der Waals surface area contributed by atoms with Crippen LogP contribution >= 0.6 is 11.7 Å². The third kappa shape index (κ3) is 7.72. The molecule has 1 aliphatic rings. The van der Waals surface area contributed by atoms with Gasteiger partial charge in [-0.25, -0.2) is 0 Å². The summed E-state index contributed by atoms with van der Waals surface area (Å²) in [6.07, 6.45) is -1.77. The van der Waals surface area contributed by atoms with E-state index in [0.29, 0.717) is 38.0 Å². The molecule has 2 N–H and O–H groups in total. The highest BCUT2D eigenvalue weighted by molar-refractivity contribution is 6.99. The van der Waals surface area contributed by atoms with Crippen LogP contribution in [0.3, 0.4) is 0 Å². The Labute approximate surface area is 173 Å². The van der Waals surface area contributed by atoms with Crippen LogP contribution in [0.4, 0.5) is 5.82 Å². The second-order valence-corrected chi connectivity index (χ2v) is 7.78. The molecule has 1 fully saturated rings. The molecule has 2 atom stereocenters. The average Bonchev–Trinajstić information content (AvgIpc) is 3.09. The number of hydrogen-bond acceptors (Lipinski definition) is 12. The van der Waals surface area contributed by atoms with Gasteiger partial charge in [0.05, 0.1) is 31.4 Å². The van der Waals surface area contributed by atoms with Gasteiger partial charge in [0.2, 0.25) is 12.6 Å². The molecule has 11 nitrogen and oxygen atoms in total. The lowest BCUT2D eigenvalue weighted by Gasteiger charge is -2.33. The van der Waals surface area contributed by atoms with Crippen molar-refractivity contribution in [1.82, 2.24) is 14.1 Å². The summed E-state index contributed by atoms with van der Waals surface area (Å²) in [6.45, 7) is 8.43. The van der Waals surface area contributed by atoms with Gasteiger partial charge in [-0.15, -0.1) is 4.37 Å². The number of aliphatic hydroxyl groups is 1. The Morgan fingerprint density at radius 3 is 2.62 bits per heavy atom. The van der Waals surface area contributed by atoms with Gasteiger partial charge in [-0.05, 0) is 20.8 Å². The fraction of sp³-hybridized carbons (Fsp3) is 0.765. The molecule has 0 aliphatic carbocycles. The third-order valence-corrected chi connectivity index (χ3v) is 4.53. The Kier molecular flexibility index (Phi) is 8.56. The van der Waals surface area contributed by atoms with E-state index in [9.17, 15) is 14.7 Å². The largest absolute Gasteiger partial charge is 0.452 e. The summed E-state index contributed by atoms with van der Waals surface area (Å²) in [4.78, 5) is 24.7. The molecular weight excluding hydrogens is 404 g/mol. The topological polar surface area (TPSA) is 132 Å². The van der Waals surface area contributed by atoms with Gasteiger partial charge >= 0.3 is 11.9 Å². The number of esters is 2. The van der Waals surface area contributed by atoms with Crippen molar-refractivity contribution in [2.45, 2.75) is 52.0 Å². The molecule has 164 valence electrons. The van der Waals surface area contributed by atoms with Crippen LogP contribution in [0.1, 0.15) is 34.1 Å². The van der Waals surface area contributed by atoms with Crippen LogP contribution in [-0.4, -0.2) is 76.8 Å². The van der Waals surface area contributed by atoms with Gasteiger partial charge < -0.3 is 29.0 Å². The first kappa shape index (κ1) is 23.3. The summed E-state index contributed by atoms with van der Waals surface area (Å²) in [7, 11) is 0. The summed E-state index contributed by atoms with van der Waals surface area (Å²) in [6, 6.07) is 0. The number of nitrogens with one attached hydrogen (secondary N) is 1. The molecule has 12 heteroatoms. The van der Waals surface area contributed by atoms with Crippen molar-refractivity contribution in [3.63, 3.8) is 0 Å². The van der Waals surface area contributed by atoms with E-state index in [1.54, 1.807) is 20.8 Å². The zero-order valence-electron chi connectivity index (χ0n) is 17.0. The first-order valence-electron chi connectivity index (χ1n) is 9.24. The molecule has 2 heterocycles. The third-order valence-electron chi connectivity index (χ3n) is 4.03. The molecule has 0 aromatic carbocycles. The molecular formula is C17H28N4O7S. The maximum atomic E-state index is 12.0. The lowest BCUT2D eigenvalue weighted by atomic mass is 10.00. The molecule has 1 aromatic heterocycles. The van der Waals surface area contributed by atoms with E-state index in [4.69, 9.17) is 14.2 Å². The number of carbonyl (C=O) groups excluding carboxylic acids is 2. The Morgan fingerprint density at radius 2 is 2.00 bits per heavy atom. The van der Waals surface area contributed by atoms with Crippen molar-refractivity contribution in [2.75, 3.05) is 38.0 Å². The number of aromatic nitrogens is 2. The van der Waals surface area contributed by atoms with E-state index in [-0.39, 0.29) is 6.42 Å². The van der Waals surface area contributed by atoms with Crippen LogP contribution in [0, 0.1) is 0 Å². The number of rotatable bonds is 10. The van der Waals surface area contributed by atoms with E-state index < -0.39 is 36.6 Å². The molecule has 2 rings (SSSR count). The van der Waals surface area contributed by atoms with Crippen molar-refractivity contribution in [2.24, 2.45) is 0 Å². The van der Waals surface area contributed by atoms with Crippen molar-refractivity contribution >= 4 is 29.5 Å². The average molecular weight is 432 g/mol. The minimum absolute atomic E-state index is 0.0352. The highest BCUT2D eigenvalue weighted by atomic mass is 32.1. The van der Waals surface area contributed by atoms with Crippen LogP contribution in [0.25, 0.3) is 0 Å². The van der Waals surface area contributed by atoms with E-state index in [2.05, 4.69) is 18.8 Å². The molecule has 29 heavy (non-hydrogen) atoms. The first-order valence-corrected chi connectivity index (χ1v) is 9.97. The molecule has 1 saturated heterocycles. The lowest BCUT2D eigenvalue weighted by Crippen LogP contribution is -2.54. The van der Waals surface area contributed by atoms with Gasteiger partial charge in [0, 0.05) is 25.6 Å². The summed E-state index contributed by atoms with van der Waals surface area (Å²) in [5.74, 6) is -0.184. The van der Waals surface area contributed by atoms with Gasteiger partial charge in [-0.2, -0.15) is 4.37 Å². The second kappa shape index (κ2) is 10.7. The minimum atomic E-state index is -0.898. The first-order chi connectivity index (χ1) is 13.7. The predicted octanol–water partition coefficient (Wildman–Crippen LogP) is 0.283. The molecule has 0 bridgehead atoms. The number of aliphatic hydroxyl groups excluding tert-OH is 1. The molecule has 0 spiro atoms. The van der Waals surface area contributed by atoms with Crippen LogP contribution in [0.2, 0.25) is 0 Å². The highest BCUT2D eigenvalue weighted by Gasteiger charge is 2.31. The number of morpholine rings is 1. The Balaban J connectivity index is 1.96. The zero-order chi connectivity index (χ0) is 21.4. The second-order valence-electron chi connectivity index (χ2n) is 7.25. The van der Waals surface area contributed by atoms with Crippen LogP contribution in [0.5, 0.6) is 5.88 Å². The van der Waals surface area contributed by atoms with Crippen LogP contribution in [-0.2, 0) is 23.8 Å². The fourth-order valence-electron chi connectivity index (χ4n) is 2.61. The number of nitrogens with zero attached hydrogens (tertiary/aromatic N) is 3. The highest BCUT2D eigenvalue weighted by Crippen LogP contribution is 2.28. The molecule has 1 aliphatic heterocycles. The smallest absolute Gasteiger partial charge is 0.310 e. The molecule has 2 unspecified atom stereocenters. The minimum Gasteiger partial charge on any atom is -0.452 e. The zero-order valence-corrected chi connectivity index (χ0v) is 17.9. The molecule has 1 aromatic rings. The fourth-order valence-corrected chi connectivity index (χ4v) is 3.12. The normalized spacial score (nSPS) is 16.8. The van der Waals surface area contributed by atoms with E-state index >= 15 is 0 Å². The molecule has 0 saturated carbocycles. The lowest BCUT2D eigenvalue weighted by molar-refractivity contribution is -0.166. The Morgan fingerprint density at radius 1 is 1.31 bits per heavy atom. The summed E-state index contributed by atoms with van der Waals surface area (Å²) in [5, 5.41) is 13.3. The summed E-state index contributed by atoms with van der Waals surface area (Å²) in [5.41, 5.74) is -0.780. The standard InChI is InChI=1S/C17H28N4O7S/c1-11(22)15(18-17(3,4)9-13(24)27-10-26-12(2)23)28-16-14(19-29-20-16)21-5-7-25-8-6-21/h11,15,18,22H,5-10H2,1-4H3. The van der Waals surface area contributed by atoms with Gasteiger partial charge in [0.1, 0.15) is 6.10 Å². The van der Waals surface area contributed by atoms with Crippen molar-refractivity contribution in [1.29, 1.82) is 0 Å². The summed E-state index contributed by atoms with van der Waals surface area (Å²) >= 11 is 1.02. The van der Waals surface area contributed by atoms with E-state index in [1.165, 1.54) is 6.92 Å². The van der Waals surface area contributed by atoms with E-state index in [0.717, 1.165) is 11.7 Å². The quantitative estimate of drug-likeness (QED) is 0.390. The van der Waals surface area contributed by atoms with Crippen molar-refractivity contribution in [3.8, 4) is 5.88 Å². The summed E-state index contributed by atoms with van der Waals surface area (Å²) < 4.78 is 29.2. The maximum absolute atomic E-state index is 12.0. The van der Waals surface area contributed by atoms with Crippen LogP contribution in [0.15, 0.2) is 0 Å². The Hall–Kier alpha value is -2.02. The number of hydrogen-bond donors (Lipinski definition) is 2. The molecule has 0 radical (unpaired) electrons. The number of carbonyl (C=O) groups is 2. The van der Waals surface area contributed by atoms with Crippen molar-refractivity contribution < 1.29 is 33.6 Å². The van der Waals surface area contributed by atoms with Gasteiger partial charge in [-0.1, -0.05) is 0 Å². The Bertz CT molecular complexity index is 676. The predicted molar refractivity (Wildman–Crippen MR) is 104 cm³/mol. The van der Waals surface area contributed by atoms with Crippen molar-refractivity contribution in [3.05, 3.63) is 0 Å². The maximum Gasteiger partial charge on any atom is 0.310 e. The van der Waals surface area contributed by atoms with E-state index in [1.807, 2.05) is 4.90 Å².